The highest BCUT2D eigenvalue weighted by molar-refractivity contribution is 9.09. The van der Waals surface area contributed by atoms with Crippen LogP contribution in [0.2, 0.25) is 0 Å². The van der Waals surface area contributed by atoms with Crippen LogP contribution in [-0.2, 0) is 5.41 Å². The molecule has 1 fully saturated rings. The molecular formula is C13H15BrS. The van der Waals surface area contributed by atoms with E-state index in [4.69, 9.17) is 0 Å². The van der Waals surface area contributed by atoms with Crippen molar-refractivity contribution in [2.45, 2.75) is 36.9 Å². The Morgan fingerprint density at radius 3 is 3.13 bits per heavy atom. The first-order chi connectivity index (χ1) is 7.09. The largest absolute Gasteiger partial charge is 0.141 e. The summed E-state index contributed by atoms with van der Waals surface area (Å²) in [6, 6.07) is 2.40. The fourth-order valence-electron chi connectivity index (χ4n) is 3.14. The van der Waals surface area contributed by atoms with Gasteiger partial charge >= 0.3 is 0 Å². The Labute approximate surface area is 104 Å². The van der Waals surface area contributed by atoms with Gasteiger partial charge in [0.1, 0.15) is 0 Å². The van der Waals surface area contributed by atoms with E-state index < -0.39 is 0 Å². The Morgan fingerprint density at radius 1 is 1.53 bits per heavy atom. The molecule has 0 aliphatic heterocycles. The van der Waals surface area contributed by atoms with Crippen LogP contribution in [0.1, 0.15) is 35.1 Å². The molecule has 3 atom stereocenters. The first-order valence-electron chi connectivity index (χ1n) is 5.53. The zero-order valence-corrected chi connectivity index (χ0v) is 11.5. The maximum absolute atomic E-state index is 3.79. The maximum Gasteiger partial charge on any atom is 0.0307 e. The first-order valence-corrected chi connectivity index (χ1v) is 7.26. The fraction of sp³-hybridized carbons (Fsp3) is 0.538. The summed E-state index contributed by atoms with van der Waals surface area (Å²) < 4.78 is 0. The minimum absolute atomic E-state index is 0.392. The zero-order chi connectivity index (χ0) is 10.6. The molecule has 0 nitrogen and oxygen atoms in total. The van der Waals surface area contributed by atoms with E-state index in [2.05, 4.69) is 48.0 Å². The number of aryl methyl sites for hydroxylation is 1. The lowest BCUT2D eigenvalue weighted by molar-refractivity contribution is 0.404. The molecular weight excluding hydrogens is 268 g/mol. The van der Waals surface area contributed by atoms with Crippen LogP contribution in [0.4, 0.5) is 0 Å². The average molecular weight is 283 g/mol. The number of rotatable bonds is 0. The number of hydrogen-bond acceptors (Lipinski definition) is 1. The maximum atomic E-state index is 3.79. The van der Waals surface area contributed by atoms with E-state index >= 15 is 0 Å². The molecule has 15 heavy (non-hydrogen) atoms. The normalized spacial score (nSPS) is 37.8. The summed E-state index contributed by atoms with van der Waals surface area (Å²) in [7, 11) is 0. The molecule has 1 aromatic heterocycles. The van der Waals surface area contributed by atoms with Gasteiger partial charge in [-0.2, -0.15) is 0 Å². The average Bonchev–Trinajstić information content (AvgIpc) is 2.64. The van der Waals surface area contributed by atoms with Crippen molar-refractivity contribution >= 4 is 33.3 Å². The molecule has 80 valence electrons. The van der Waals surface area contributed by atoms with Crippen LogP contribution in [0.25, 0.3) is 6.08 Å². The molecule has 2 heteroatoms. The van der Waals surface area contributed by atoms with Crippen molar-refractivity contribution in [1.82, 2.24) is 0 Å². The third-order valence-electron chi connectivity index (χ3n) is 3.95. The Hall–Kier alpha value is -0.0800. The second-order valence-electron chi connectivity index (χ2n) is 5.06. The van der Waals surface area contributed by atoms with Gasteiger partial charge in [0.2, 0.25) is 0 Å². The molecule has 1 heterocycles. The van der Waals surface area contributed by atoms with Gasteiger partial charge in [-0.15, -0.1) is 11.3 Å². The van der Waals surface area contributed by atoms with Crippen molar-refractivity contribution in [3.63, 3.8) is 0 Å². The molecule has 1 saturated carbocycles. The number of alkyl halides is 1. The Bertz CT molecular complexity index is 432. The summed E-state index contributed by atoms with van der Waals surface area (Å²) in [4.78, 5) is 3.64. The molecule has 2 aliphatic rings. The van der Waals surface area contributed by atoms with Gasteiger partial charge in [0.25, 0.3) is 0 Å². The van der Waals surface area contributed by atoms with Crippen molar-refractivity contribution in [2.24, 2.45) is 5.92 Å². The smallest absolute Gasteiger partial charge is 0.0307 e. The van der Waals surface area contributed by atoms with Crippen LogP contribution < -0.4 is 0 Å². The molecule has 0 aromatic carbocycles. The number of fused-ring (bicyclic) bond motifs is 3. The highest BCUT2D eigenvalue weighted by Crippen LogP contribution is 2.53. The van der Waals surface area contributed by atoms with E-state index in [-0.39, 0.29) is 0 Å². The predicted molar refractivity (Wildman–Crippen MR) is 70.9 cm³/mol. The van der Waals surface area contributed by atoms with Crippen molar-refractivity contribution in [3.8, 4) is 0 Å². The SMILES string of the molecule is Cc1cc2c(s1)C=CC1CC(Br)CC21C. The van der Waals surface area contributed by atoms with Crippen molar-refractivity contribution < 1.29 is 0 Å². The third-order valence-corrected chi connectivity index (χ3v) is 5.67. The highest BCUT2D eigenvalue weighted by atomic mass is 79.9. The molecule has 0 radical (unpaired) electrons. The summed E-state index contributed by atoms with van der Waals surface area (Å²) in [6.07, 6.45) is 7.34. The molecule has 2 aliphatic carbocycles. The van der Waals surface area contributed by atoms with Crippen LogP contribution in [-0.4, -0.2) is 4.83 Å². The van der Waals surface area contributed by atoms with Crippen molar-refractivity contribution in [3.05, 3.63) is 27.5 Å². The van der Waals surface area contributed by atoms with E-state index in [0.29, 0.717) is 10.2 Å². The summed E-state index contributed by atoms with van der Waals surface area (Å²) >= 11 is 5.73. The van der Waals surface area contributed by atoms with E-state index in [1.54, 1.807) is 5.56 Å². The van der Waals surface area contributed by atoms with Crippen LogP contribution in [0, 0.1) is 12.8 Å². The van der Waals surface area contributed by atoms with E-state index in [1.165, 1.54) is 22.6 Å². The number of hydrogen-bond donors (Lipinski definition) is 0. The predicted octanol–water partition coefficient (Wildman–Crippen LogP) is 4.51. The Balaban J connectivity index is 2.15. The molecule has 0 N–H and O–H groups in total. The highest BCUT2D eigenvalue weighted by Gasteiger charge is 2.45. The minimum atomic E-state index is 0.392. The van der Waals surface area contributed by atoms with Gasteiger partial charge in [0.15, 0.2) is 0 Å². The van der Waals surface area contributed by atoms with Crippen LogP contribution >= 0.6 is 27.3 Å². The van der Waals surface area contributed by atoms with Gasteiger partial charge in [-0.1, -0.05) is 28.9 Å². The summed E-state index contributed by atoms with van der Waals surface area (Å²) in [6.45, 7) is 4.66. The number of halogens is 1. The first kappa shape index (κ1) is 10.1. The second kappa shape index (κ2) is 3.21. The lowest BCUT2D eigenvalue weighted by atomic mass is 9.71. The summed E-state index contributed by atoms with van der Waals surface area (Å²) in [5.74, 6) is 0.739. The quantitative estimate of drug-likeness (QED) is 0.614. The summed E-state index contributed by atoms with van der Waals surface area (Å²) in [5.41, 5.74) is 1.99. The summed E-state index contributed by atoms with van der Waals surface area (Å²) in [5, 5.41) is 0. The number of thiophene rings is 1. The molecule has 0 amide bonds. The van der Waals surface area contributed by atoms with Gasteiger partial charge in [0.05, 0.1) is 0 Å². The van der Waals surface area contributed by atoms with Crippen LogP contribution in [0.5, 0.6) is 0 Å². The second-order valence-corrected chi connectivity index (χ2v) is 7.64. The lowest BCUT2D eigenvalue weighted by Gasteiger charge is -2.33. The van der Waals surface area contributed by atoms with Gasteiger partial charge in [-0.3, -0.25) is 0 Å². The van der Waals surface area contributed by atoms with Crippen LogP contribution in [0.3, 0.4) is 0 Å². The number of allylic oxidation sites excluding steroid dienone is 1. The topological polar surface area (TPSA) is 0 Å². The van der Waals surface area contributed by atoms with E-state index in [9.17, 15) is 0 Å². The van der Waals surface area contributed by atoms with Crippen LogP contribution in [0.15, 0.2) is 12.1 Å². The molecule has 3 unspecified atom stereocenters. The van der Waals surface area contributed by atoms with Crippen molar-refractivity contribution in [1.29, 1.82) is 0 Å². The minimum Gasteiger partial charge on any atom is -0.141 e. The standard InChI is InChI=1S/C13H15BrS/c1-8-5-11-12(15-8)4-3-9-6-10(14)7-13(9,11)2/h3-5,9-10H,6-7H2,1-2H3. The monoisotopic (exact) mass is 282 g/mol. The fourth-order valence-corrected chi connectivity index (χ4v) is 5.28. The molecule has 0 saturated heterocycles. The molecule has 3 rings (SSSR count). The van der Waals surface area contributed by atoms with E-state index in [0.717, 1.165) is 5.92 Å². The van der Waals surface area contributed by atoms with Gasteiger partial charge < -0.3 is 0 Å². The van der Waals surface area contributed by atoms with Gasteiger partial charge in [0, 0.05) is 20.0 Å². The van der Waals surface area contributed by atoms with Gasteiger partial charge in [-0.05, 0) is 43.4 Å². The van der Waals surface area contributed by atoms with Gasteiger partial charge in [-0.25, -0.2) is 0 Å². The third kappa shape index (κ3) is 1.38. The lowest BCUT2D eigenvalue weighted by Crippen LogP contribution is -2.27. The van der Waals surface area contributed by atoms with E-state index in [1.807, 2.05) is 11.3 Å². The molecule has 0 spiro atoms. The van der Waals surface area contributed by atoms with Crippen molar-refractivity contribution in [2.75, 3.05) is 0 Å². The zero-order valence-electron chi connectivity index (χ0n) is 9.09. The Kier molecular flexibility index (Phi) is 2.16. The Morgan fingerprint density at radius 2 is 2.33 bits per heavy atom. The molecule has 0 bridgehead atoms. The molecule has 1 aromatic rings.